The Kier molecular flexibility index (Phi) is 5.50. The highest BCUT2D eigenvalue weighted by Crippen LogP contribution is 2.32. The highest BCUT2D eigenvalue weighted by atomic mass is 32.2. The number of amides is 2. The quantitative estimate of drug-likeness (QED) is 0.345. The number of nitrogens with zero attached hydrogens (tertiary/aromatic N) is 1. The van der Waals surface area contributed by atoms with Gasteiger partial charge in [0.25, 0.3) is 11.8 Å². The molecule has 1 saturated carbocycles. The van der Waals surface area contributed by atoms with Crippen LogP contribution in [0.1, 0.15) is 46.3 Å². The molecule has 1 aromatic heterocycles. The number of rotatable bonds is 5. The van der Waals surface area contributed by atoms with E-state index in [1.807, 2.05) is 6.07 Å². The van der Waals surface area contributed by atoms with E-state index in [4.69, 9.17) is 10.9 Å². The Bertz CT molecular complexity index is 1100. The molecule has 0 saturated heterocycles. The summed E-state index contributed by atoms with van der Waals surface area (Å²) in [6, 6.07) is 1.82. The van der Waals surface area contributed by atoms with E-state index in [2.05, 4.69) is 23.7 Å². The zero-order valence-corrected chi connectivity index (χ0v) is 17.7. The average molecular weight is 436 g/mol. The maximum atomic E-state index is 12.6. The molecular weight excluding hydrogens is 414 g/mol. The monoisotopic (exact) mass is 435 g/mol. The number of hydrogen-bond acceptors (Lipinski definition) is 7. The number of sulfone groups is 1. The summed E-state index contributed by atoms with van der Waals surface area (Å²) in [6.07, 6.45) is 2.56. The molecule has 3 rings (SSSR count). The normalized spacial score (nSPS) is 18.6. The zero-order chi connectivity index (χ0) is 21.4. The Hall–Kier alpha value is -2.37. The van der Waals surface area contributed by atoms with Crippen LogP contribution in [0.25, 0.3) is 0 Å². The first kappa shape index (κ1) is 21.3. The number of carbonyl (C=O) groups is 2. The van der Waals surface area contributed by atoms with Crippen LogP contribution in [-0.4, -0.2) is 53.4 Å². The highest BCUT2D eigenvalue weighted by molar-refractivity contribution is 7.92. The second kappa shape index (κ2) is 7.47. The summed E-state index contributed by atoms with van der Waals surface area (Å²) in [4.78, 5) is 27.3. The van der Waals surface area contributed by atoms with Crippen molar-refractivity contribution in [2.75, 3.05) is 12.8 Å². The number of hydrogen-bond donors (Lipinski definition) is 3. The molecule has 0 bridgehead atoms. The van der Waals surface area contributed by atoms with Crippen molar-refractivity contribution in [3.63, 3.8) is 0 Å². The molecule has 154 valence electrons. The van der Waals surface area contributed by atoms with Gasteiger partial charge in [-0.25, -0.2) is 13.9 Å². The molecular formula is C19H21N3O5S2. The first-order valence-electron chi connectivity index (χ1n) is 8.87. The van der Waals surface area contributed by atoms with Crippen molar-refractivity contribution in [1.82, 2.24) is 10.4 Å². The van der Waals surface area contributed by atoms with Crippen LogP contribution in [0.4, 0.5) is 0 Å². The topological polar surface area (TPSA) is 130 Å². The van der Waals surface area contributed by atoms with Gasteiger partial charge in [-0.15, -0.1) is 11.3 Å². The Balaban J connectivity index is 1.67. The number of thiophene rings is 1. The lowest BCUT2D eigenvalue weighted by Crippen LogP contribution is -2.50. The summed E-state index contributed by atoms with van der Waals surface area (Å²) in [6.45, 7) is 1.60. The third-order valence-corrected chi connectivity index (χ3v) is 8.37. The van der Waals surface area contributed by atoms with Crippen LogP contribution >= 0.6 is 11.3 Å². The lowest BCUT2D eigenvalue weighted by molar-refractivity contribution is -0.131. The lowest BCUT2D eigenvalue weighted by Gasteiger charge is -2.27. The average Bonchev–Trinajstić information content (AvgIpc) is 3.14. The molecule has 1 aliphatic carbocycles. The predicted molar refractivity (Wildman–Crippen MR) is 108 cm³/mol. The van der Waals surface area contributed by atoms with E-state index in [0.29, 0.717) is 11.4 Å². The Morgan fingerprint density at radius 3 is 2.69 bits per heavy atom. The molecule has 1 unspecified atom stereocenters. The minimum atomic E-state index is -3.81. The molecule has 10 heteroatoms. The first-order valence-corrected chi connectivity index (χ1v) is 11.6. The molecule has 1 atom stereocenters. The van der Waals surface area contributed by atoms with Crippen molar-refractivity contribution in [1.29, 1.82) is 0 Å². The van der Waals surface area contributed by atoms with Crippen LogP contribution < -0.4 is 11.2 Å². The second-order valence-electron chi connectivity index (χ2n) is 7.54. The zero-order valence-electron chi connectivity index (χ0n) is 16.0. The van der Waals surface area contributed by atoms with E-state index < -0.39 is 20.5 Å². The number of nitrogens with two attached hydrogens (primary N) is 1. The van der Waals surface area contributed by atoms with Crippen molar-refractivity contribution in [3.05, 3.63) is 21.4 Å². The van der Waals surface area contributed by atoms with Gasteiger partial charge in [0.05, 0.1) is 15.3 Å². The minimum absolute atomic E-state index is 0.0578. The number of fused-ring (bicyclic) bond motifs is 1. The lowest BCUT2D eigenvalue weighted by atomic mass is 10.1. The van der Waals surface area contributed by atoms with E-state index >= 15 is 0 Å². The molecule has 2 amide bonds. The molecule has 29 heavy (non-hydrogen) atoms. The van der Waals surface area contributed by atoms with Crippen molar-refractivity contribution >= 4 is 33.0 Å². The van der Waals surface area contributed by atoms with Gasteiger partial charge < -0.3 is 10.6 Å². The van der Waals surface area contributed by atoms with Gasteiger partial charge in [-0.05, 0) is 55.6 Å². The highest BCUT2D eigenvalue weighted by Gasteiger charge is 2.44. The molecule has 0 aromatic carbocycles. The van der Waals surface area contributed by atoms with Gasteiger partial charge in [0.15, 0.2) is 14.6 Å². The summed E-state index contributed by atoms with van der Waals surface area (Å²) in [5.74, 6) is 10.1. The smallest absolute Gasteiger partial charge is 0.264 e. The molecule has 1 aliphatic heterocycles. The summed E-state index contributed by atoms with van der Waals surface area (Å²) >= 11 is 1.26. The summed E-state index contributed by atoms with van der Waals surface area (Å²) in [7, 11) is -3.81. The molecule has 2 aliphatic rings. The van der Waals surface area contributed by atoms with Crippen LogP contribution in [0, 0.1) is 23.7 Å². The van der Waals surface area contributed by atoms with Gasteiger partial charge in [0.1, 0.15) is 0 Å². The summed E-state index contributed by atoms with van der Waals surface area (Å²) in [5.41, 5.74) is 7.70. The number of nitrogens with one attached hydrogen (secondary N) is 1. The van der Waals surface area contributed by atoms with E-state index in [1.54, 1.807) is 0 Å². The van der Waals surface area contributed by atoms with Gasteiger partial charge in [-0.3, -0.25) is 14.8 Å². The number of carbonyl (C=O) groups excluding carboxylic acids is 2. The van der Waals surface area contributed by atoms with E-state index in [-0.39, 0.29) is 24.4 Å². The minimum Gasteiger partial charge on any atom is -0.333 e. The van der Waals surface area contributed by atoms with Gasteiger partial charge >= 0.3 is 0 Å². The van der Waals surface area contributed by atoms with Crippen LogP contribution in [0.2, 0.25) is 0 Å². The number of hydroxylamine groups is 1. The molecule has 8 nitrogen and oxygen atoms in total. The molecule has 2 heterocycles. The van der Waals surface area contributed by atoms with Crippen molar-refractivity contribution in [2.24, 2.45) is 5.73 Å². The van der Waals surface area contributed by atoms with Crippen molar-refractivity contribution in [3.8, 4) is 23.7 Å². The fourth-order valence-electron chi connectivity index (χ4n) is 2.83. The van der Waals surface area contributed by atoms with E-state index in [1.165, 1.54) is 28.6 Å². The van der Waals surface area contributed by atoms with Gasteiger partial charge in [-0.2, -0.15) is 0 Å². The fraction of sp³-hybridized carbons (Fsp3) is 0.474. The van der Waals surface area contributed by atoms with Gasteiger partial charge in [0.2, 0.25) is 0 Å². The maximum absolute atomic E-state index is 12.6. The first-order chi connectivity index (χ1) is 13.5. The maximum Gasteiger partial charge on any atom is 0.264 e. The van der Waals surface area contributed by atoms with Crippen molar-refractivity contribution < 1.29 is 23.2 Å². The van der Waals surface area contributed by atoms with Crippen LogP contribution in [0.15, 0.2) is 6.07 Å². The molecule has 1 fully saturated rings. The molecule has 0 radical (unpaired) electrons. The van der Waals surface area contributed by atoms with Crippen molar-refractivity contribution in [2.45, 2.75) is 43.0 Å². The SMILES string of the molecule is CC(CCN1Cc2cc(C#CC#CC3(N)CC3)sc2C1=O)(C(=O)NO)S(C)(=O)=O. The molecule has 0 spiro atoms. The van der Waals surface area contributed by atoms with E-state index in [0.717, 1.165) is 29.5 Å². The standard InChI is InChI=1S/C19H21N3O5S2/c1-18(17(24)21-25,29(2,26)27)9-10-22-12-13-11-14(28-15(13)16(22)23)5-3-4-6-19(20)7-8-19/h11,25H,7-10,12,20H2,1-2H3,(H,21,24). The summed E-state index contributed by atoms with van der Waals surface area (Å²) in [5, 5.41) is 8.88. The van der Waals surface area contributed by atoms with Gasteiger partial charge in [-0.1, -0.05) is 5.92 Å². The van der Waals surface area contributed by atoms with Crippen LogP contribution in [-0.2, 0) is 21.2 Å². The largest absolute Gasteiger partial charge is 0.333 e. The molecule has 4 N–H and O–H groups in total. The second-order valence-corrected chi connectivity index (χ2v) is 11.0. The third-order valence-electron chi connectivity index (χ3n) is 5.26. The third kappa shape index (κ3) is 4.31. The van der Waals surface area contributed by atoms with Crippen LogP contribution in [0.3, 0.4) is 0 Å². The Morgan fingerprint density at radius 1 is 1.45 bits per heavy atom. The predicted octanol–water partition coefficient (Wildman–Crippen LogP) is 0.249. The molecule has 1 aromatic rings. The van der Waals surface area contributed by atoms with Crippen LogP contribution in [0.5, 0.6) is 0 Å². The Labute approximate surface area is 173 Å². The van der Waals surface area contributed by atoms with E-state index in [9.17, 15) is 18.0 Å². The Morgan fingerprint density at radius 2 is 2.14 bits per heavy atom. The summed E-state index contributed by atoms with van der Waals surface area (Å²) < 4.78 is 22.2. The fourth-order valence-corrected chi connectivity index (χ4v) is 4.67. The van der Waals surface area contributed by atoms with Gasteiger partial charge in [0, 0.05) is 19.3 Å².